The third kappa shape index (κ3) is 9.69. The number of anilines is 1. The van der Waals surface area contributed by atoms with Gasteiger partial charge in [0.15, 0.2) is 0 Å². The van der Waals surface area contributed by atoms with Crippen molar-refractivity contribution < 1.29 is 46.9 Å². The molecule has 47 heavy (non-hydrogen) atoms. The van der Waals surface area contributed by atoms with Crippen LogP contribution in [-0.4, -0.2) is 72.3 Å². The van der Waals surface area contributed by atoms with Gasteiger partial charge in [0.2, 0.25) is 5.91 Å². The molecule has 2 aliphatic rings. The number of hydrogen-bond donors (Lipinski definition) is 2. The molecule has 0 unspecified atom stereocenters. The molecule has 0 atom stereocenters. The van der Waals surface area contributed by atoms with Gasteiger partial charge in [-0.1, -0.05) is 29.8 Å². The zero-order valence-electron chi connectivity index (χ0n) is 25.4. The summed E-state index contributed by atoms with van der Waals surface area (Å²) in [6, 6.07) is 19.5. The molecule has 2 aliphatic heterocycles. The van der Waals surface area contributed by atoms with Crippen LogP contribution in [-0.2, 0) is 27.4 Å². The highest BCUT2D eigenvalue weighted by molar-refractivity contribution is 6.30. The number of benzene rings is 3. The number of aliphatic carboxylic acids is 1. The molecular formula is C33H33ClF3N3O7. The molecule has 0 aromatic heterocycles. The second kappa shape index (κ2) is 15.8. The predicted octanol–water partition coefficient (Wildman–Crippen LogP) is 5.47. The van der Waals surface area contributed by atoms with Gasteiger partial charge in [0.1, 0.15) is 18.4 Å². The Kier molecular flexibility index (Phi) is 11.8. The quantitative estimate of drug-likeness (QED) is 0.316. The fourth-order valence-electron chi connectivity index (χ4n) is 4.99. The molecular weight excluding hydrogens is 643 g/mol. The van der Waals surface area contributed by atoms with Gasteiger partial charge in [-0.15, -0.1) is 0 Å². The molecule has 3 aromatic rings. The fourth-order valence-corrected chi connectivity index (χ4v) is 5.11. The van der Waals surface area contributed by atoms with E-state index in [1.165, 1.54) is 4.90 Å². The molecule has 0 spiro atoms. The number of fused-ring (bicyclic) bond motifs is 1. The Morgan fingerprint density at radius 3 is 2.17 bits per heavy atom. The average molecular weight is 676 g/mol. The van der Waals surface area contributed by atoms with Gasteiger partial charge in [-0.25, -0.2) is 9.59 Å². The maximum Gasteiger partial charge on any atom is 0.490 e. The molecule has 0 saturated carbocycles. The first-order valence-electron chi connectivity index (χ1n) is 14.8. The highest BCUT2D eigenvalue weighted by atomic mass is 35.5. The molecule has 3 aromatic carbocycles. The largest absolute Gasteiger partial charge is 0.490 e. The van der Waals surface area contributed by atoms with E-state index in [2.05, 4.69) is 5.32 Å². The number of esters is 1. The second-order valence-corrected chi connectivity index (χ2v) is 11.2. The summed E-state index contributed by atoms with van der Waals surface area (Å²) in [4.78, 5) is 51.6. The van der Waals surface area contributed by atoms with Crippen LogP contribution < -0.4 is 15.0 Å². The topological polar surface area (TPSA) is 125 Å². The molecule has 0 aliphatic carbocycles. The van der Waals surface area contributed by atoms with E-state index in [-0.39, 0.29) is 44.2 Å². The monoisotopic (exact) mass is 675 g/mol. The minimum absolute atomic E-state index is 0.109. The molecule has 2 amide bonds. The number of carboxylic acids is 1. The maximum absolute atomic E-state index is 13.7. The molecule has 2 heterocycles. The Balaban J connectivity index is 0.000000644. The first kappa shape index (κ1) is 35.2. The normalized spacial score (nSPS) is 15.1. The standard InChI is InChI=1S/C31H32ClN3O5.C2HF3O2/c1-2-39-31(38)23-5-6-24-19-34(30(37)22-7-9-25(32)10-8-22)20-29(36)35(28(24)17-23)18-21-3-11-26(12-4-21)40-27-13-15-33-16-14-27;3-2(4,5)1(6)7/h3-12,17,27,33H,2,13-16,18-20H2,1H3;(H,6,7). The van der Waals surface area contributed by atoms with E-state index in [1.54, 1.807) is 54.3 Å². The molecule has 250 valence electrons. The maximum atomic E-state index is 13.7. The summed E-state index contributed by atoms with van der Waals surface area (Å²) in [5.41, 5.74) is 3.03. The van der Waals surface area contributed by atoms with Crippen LogP contribution in [0.5, 0.6) is 5.75 Å². The van der Waals surface area contributed by atoms with Crippen LogP contribution >= 0.6 is 11.6 Å². The Labute approximate surface area is 274 Å². The molecule has 0 bridgehead atoms. The fraction of sp³-hybridized carbons (Fsp3) is 0.333. The van der Waals surface area contributed by atoms with Crippen LogP contribution in [0, 0.1) is 0 Å². The summed E-state index contributed by atoms with van der Waals surface area (Å²) in [6.45, 7) is 4.26. The van der Waals surface area contributed by atoms with Crippen molar-refractivity contribution in [2.24, 2.45) is 0 Å². The second-order valence-electron chi connectivity index (χ2n) is 10.7. The highest BCUT2D eigenvalue weighted by Gasteiger charge is 2.38. The summed E-state index contributed by atoms with van der Waals surface area (Å²) in [5, 5.41) is 11.0. The van der Waals surface area contributed by atoms with Crippen LogP contribution in [0.4, 0.5) is 18.9 Å². The van der Waals surface area contributed by atoms with E-state index >= 15 is 0 Å². The molecule has 2 N–H and O–H groups in total. The van der Waals surface area contributed by atoms with Gasteiger partial charge in [-0.05, 0) is 92.5 Å². The Hall–Kier alpha value is -4.62. The minimum atomic E-state index is -5.08. The van der Waals surface area contributed by atoms with Crippen molar-refractivity contribution in [1.29, 1.82) is 0 Å². The van der Waals surface area contributed by atoms with E-state index in [0.29, 0.717) is 21.8 Å². The number of carboxylic acid groups (broad SMARTS) is 1. The predicted molar refractivity (Wildman–Crippen MR) is 166 cm³/mol. The first-order chi connectivity index (χ1) is 22.3. The Morgan fingerprint density at radius 1 is 0.957 bits per heavy atom. The number of halogens is 4. The van der Waals surface area contributed by atoms with Crippen molar-refractivity contribution in [1.82, 2.24) is 10.2 Å². The van der Waals surface area contributed by atoms with Gasteiger partial charge in [0.25, 0.3) is 5.91 Å². The van der Waals surface area contributed by atoms with E-state index in [1.807, 2.05) is 24.3 Å². The Bertz CT molecular complexity index is 1580. The third-order valence-corrected chi connectivity index (χ3v) is 7.60. The van der Waals surface area contributed by atoms with Crippen molar-refractivity contribution >= 4 is 41.0 Å². The lowest BCUT2D eigenvalue weighted by Gasteiger charge is -2.25. The third-order valence-electron chi connectivity index (χ3n) is 7.35. The molecule has 0 radical (unpaired) electrons. The Morgan fingerprint density at radius 2 is 1.57 bits per heavy atom. The zero-order chi connectivity index (χ0) is 34.1. The molecule has 1 saturated heterocycles. The zero-order valence-corrected chi connectivity index (χ0v) is 26.1. The number of amides is 2. The van der Waals surface area contributed by atoms with Crippen LogP contribution in [0.1, 0.15) is 51.6 Å². The number of rotatable bonds is 7. The van der Waals surface area contributed by atoms with Gasteiger partial charge in [0.05, 0.1) is 18.7 Å². The number of nitrogens with one attached hydrogen (secondary N) is 1. The lowest BCUT2D eigenvalue weighted by Crippen LogP contribution is -2.39. The van der Waals surface area contributed by atoms with Crippen LogP contribution in [0.3, 0.4) is 0 Å². The first-order valence-corrected chi connectivity index (χ1v) is 15.1. The number of piperidine rings is 1. The van der Waals surface area contributed by atoms with Crippen LogP contribution in [0.25, 0.3) is 0 Å². The number of nitrogens with zero attached hydrogens (tertiary/aromatic N) is 2. The number of alkyl halides is 3. The van der Waals surface area contributed by atoms with Gasteiger partial charge in [-0.2, -0.15) is 13.2 Å². The average Bonchev–Trinajstić information content (AvgIpc) is 3.18. The SMILES string of the molecule is CCOC(=O)c1ccc2c(c1)N(Cc1ccc(OC3CCNCC3)cc1)C(=O)CN(C(=O)c1ccc(Cl)cc1)C2.O=C(O)C(F)(F)F. The molecule has 10 nitrogen and oxygen atoms in total. The molecule has 1 fully saturated rings. The number of ether oxygens (including phenoxy) is 2. The summed E-state index contributed by atoms with van der Waals surface area (Å²) >= 11 is 6.00. The van der Waals surface area contributed by atoms with Crippen molar-refractivity contribution in [3.8, 4) is 5.75 Å². The summed E-state index contributed by atoms with van der Waals surface area (Å²) in [7, 11) is 0. The van der Waals surface area contributed by atoms with Crippen molar-refractivity contribution in [3.63, 3.8) is 0 Å². The van der Waals surface area contributed by atoms with Gasteiger partial charge < -0.3 is 29.7 Å². The van der Waals surface area contributed by atoms with Crippen molar-refractivity contribution in [2.45, 2.75) is 45.1 Å². The van der Waals surface area contributed by atoms with E-state index in [4.69, 9.17) is 31.0 Å². The highest BCUT2D eigenvalue weighted by Crippen LogP contribution is 2.30. The van der Waals surface area contributed by atoms with Gasteiger partial charge >= 0.3 is 18.1 Å². The van der Waals surface area contributed by atoms with Crippen LogP contribution in [0.15, 0.2) is 66.7 Å². The van der Waals surface area contributed by atoms with Gasteiger partial charge in [-0.3, -0.25) is 9.59 Å². The smallest absolute Gasteiger partial charge is 0.490 e. The van der Waals surface area contributed by atoms with E-state index < -0.39 is 18.1 Å². The molecule has 5 rings (SSSR count). The molecule has 14 heteroatoms. The van der Waals surface area contributed by atoms with Crippen molar-refractivity contribution in [3.05, 3.63) is 94.0 Å². The number of carbonyl (C=O) groups excluding carboxylic acids is 3. The number of hydrogen-bond acceptors (Lipinski definition) is 7. The summed E-state index contributed by atoms with van der Waals surface area (Å²) in [5.74, 6) is -2.95. The minimum Gasteiger partial charge on any atom is -0.490 e. The lowest BCUT2D eigenvalue weighted by atomic mass is 10.1. The van der Waals surface area contributed by atoms with E-state index in [0.717, 1.165) is 42.8 Å². The van der Waals surface area contributed by atoms with Crippen molar-refractivity contribution in [2.75, 3.05) is 31.1 Å². The lowest BCUT2D eigenvalue weighted by molar-refractivity contribution is -0.192. The summed E-state index contributed by atoms with van der Waals surface area (Å²) < 4.78 is 43.1. The summed E-state index contributed by atoms with van der Waals surface area (Å²) in [6.07, 6.45) is -2.96. The number of carbonyl (C=O) groups is 4. The van der Waals surface area contributed by atoms with Crippen LogP contribution in [0.2, 0.25) is 5.02 Å². The van der Waals surface area contributed by atoms with E-state index in [9.17, 15) is 27.6 Å². The van der Waals surface area contributed by atoms with Gasteiger partial charge in [0, 0.05) is 22.8 Å².